The maximum Gasteiger partial charge on any atom is 0.191 e. The lowest BCUT2D eigenvalue weighted by Gasteiger charge is -2.24. The Bertz CT molecular complexity index is 542. The first kappa shape index (κ1) is 19.5. The van der Waals surface area contributed by atoms with E-state index in [0.717, 1.165) is 50.7 Å². The quantitative estimate of drug-likeness (QED) is 0.466. The van der Waals surface area contributed by atoms with E-state index in [0.29, 0.717) is 13.2 Å². The molecule has 1 aromatic carbocycles. The molecule has 0 spiro atoms. The van der Waals surface area contributed by atoms with Gasteiger partial charge in [0.15, 0.2) is 5.96 Å². The van der Waals surface area contributed by atoms with Crippen molar-refractivity contribution >= 4 is 5.96 Å². The van der Waals surface area contributed by atoms with Crippen LogP contribution in [0, 0.1) is 5.41 Å². The fraction of sp³-hybridized carbons (Fsp3) is 0.632. The van der Waals surface area contributed by atoms with Crippen molar-refractivity contribution in [3.8, 4) is 5.75 Å². The summed E-state index contributed by atoms with van der Waals surface area (Å²) in [6.07, 6.45) is 2.59. The molecule has 1 fully saturated rings. The van der Waals surface area contributed by atoms with Crippen LogP contribution in [0.25, 0.3) is 0 Å². The number of ether oxygens (including phenoxy) is 2. The summed E-state index contributed by atoms with van der Waals surface area (Å²) in [5.41, 5.74) is 1.20. The molecule has 1 unspecified atom stereocenters. The van der Waals surface area contributed by atoms with Gasteiger partial charge in [-0.2, -0.15) is 0 Å². The van der Waals surface area contributed by atoms with Crippen LogP contribution < -0.4 is 15.4 Å². The zero-order valence-electron chi connectivity index (χ0n) is 15.4. The number of nitrogens with one attached hydrogen (secondary N) is 2. The first-order chi connectivity index (χ1) is 12.2. The van der Waals surface area contributed by atoms with Gasteiger partial charge in [0.05, 0.1) is 20.3 Å². The lowest BCUT2D eigenvalue weighted by molar-refractivity contribution is 0.131. The molecule has 0 amide bonds. The minimum absolute atomic E-state index is 0.0239. The molecule has 0 saturated carbocycles. The van der Waals surface area contributed by atoms with Crippen molar-refractivity contribution in [3.05, 3.63) is 29.8 Å². The molecule has 1 aromatic rings. The second kappa shape index (κ2) is 10.3. The largest absolute Gasteiger partial charge is 0.497 e. The Balaban J connectivity index is 1.88. The van der Waals surface area contributed by atoms with Gasteiger partial charge in [-0.05, 0) is 43.9 Å². The molecule has 6 heteroatoms. The van der Waals surface area contributed by atoms with Crippen LogP contribution in [0.15, 0.2) is 29.3 Å². The highest BCUT2D eigenvalue weighted by Crippen LogP contribution is 2.32. The Morgan fingerprint density at radius 3 is 2.96 bits per heavy atom. The normalized spacial score (nSPS) is 20.5. The molecule has 1 atom stereocenters. The number of rotatable bonds is 9. The Morgan fingerprint density at radius 1 is 1.40 bits per heavy atom. The lowest BCUT2D eigenvalue weighted by atomic mass is 9.84. The number of guanidine groups is 1. The zero-order valence-corrected chi connectivity index (χ0v) is 15.4. The lowest BCUT2D eigenvalue weighted by Crippen LogP contribution is -2.39. The molecule has 140 valence electrons. The fourth-order valence-electron chi connectivity index (χ4n) is 3.03. The van der Waals surface area contributed by atoms with Gasteiger partial charge in [0.2, 0.25) is 0 Å². The molecular weight excluding hydrogens is 318 g/mol. The number of methoxy groups -OCH3 is 1. The minimum Gasteiger partial charge on any atom is -0.497 e. The second-order valence-corrected chi connectivity index (χ2v) is 6.50. The van der Waals surface area contributed by atoms with Crippen molar-refractivity contribution < 1.29 is 14.6 Å². The Hall–Kier alpha value is -1.79. The molecule has 1 aliphatic heterocycles. The van der Waals surface area contributed by atoms with Gasteiger partial charge in [-0.3, -0.25) is 4.99 Å². The highest BCUT2D eigenvalue weighted by atomic mass is 16.5. The average molecular weight is 349 g/mol. The van der Waals surface area contributed by atoms with Crippen molar-refractivity contribution in [2.75, 3.05) is 46.6 Å². The first-order valence-corrected chi connectivity index (χ1v) is 9.05. The summed E-state index contributed by atoms with van der Waals surface area (Å²) >= 11 is 0. The maximum atomic E-state index is 9.33. The van der Waals surface area contributed by atoms with Crippen molar-refractivity contribution in [3.63, 3.8) is 0 Å². The van der Waals surface area contributed by atoms with Crippen LogP contribution in [0.5, 0.6) is 5.75 Å². The molecule has 0 aromatic heterocycles. The molecule has 1 aliphatic rings. The predicted octanol–water partition coefficient (Wildman–Crippen LogP) is 1.58. The van der Waals surface area contributed by atoms with E-state index in [-0.39, 0.29) is 12.0 Å². The molecule has 0 radical (unpaired) electrons. The van der Waals surface area contributed by atoms with Crippen LogP contribution in [0.2, 0.25) is 0 Å². The number of aliphatic hydroxyl groups is 1. The van der Waals surface area contributed by atoms with Crippen LogP contribution in [0.3, 0.4) is 0 Å². The number of benzene rings is 1. The SMILES string of the molecule is CCNC(=NCC1(CCO)CCOC1)NCCc1cccc(OC)c1. The highest BCUT2D eigenvalue weighted by molar-refractivity contribution is 5.79. The summed E-state index contributed by atoms with van der Waals surface area (Å²) in [5, 5.41) is 16.0. The zero-order chi connectivity index (χ0) is 18.0. The van der Waals surface area contributed by atoms with Gasteiger partial charge in [0, 0.05) is 31.7 Å². The van der Waals surface area contributed by atoms with Crippen LogP contribution >= 0.6 is 0 Å². The maximum absolute atomic E-state index is 9.33. The molecule has 0 aliphatic carbocycles. The molecule has 1 saturated heterocycles. The third kappa shape index (κ3) is 6.21. The van der Waals surface area contributed by atoms with E-state index < -0.39 is 0 Å². The Labute approximate surface area is 150 Å². The second-order valence-electron chi connectivity index (χ2n) is 6.50. The van der Waals surface area contributed by atoms with Crippen LogP contribution in [0.4, 0.5) is 0 Å². The first-order valence-electron chi connectivity index (χ1n) is 9.05. The van der Waals surface area contributed by atoms with Crippen molar-refractivity contribution in [2.24, 2.45) is 10.4 Å². The summed E-state index contributed by atoms with van der Waals surface area (Å²) in [4.78, 5) is 4.73. The number of aliphatic hydroxyl groups excluding tert-OH is 1. The number of hydrogen-bond donors (Lipinski definition) is 3. The monoisotopic (exact) mass is 349 g/mol. The Kier molecular flexibility index (Phi) is 8.01. The van der Waals surface area contributed by atoms with Gasteiger partial charge in [-0.15, -0.1) is 0 Å². The van der Waals surface area contributed by atoms with Crippen molar-refractivity contribution in [1.82, 2.24) is 10.6 Å². The van der Waals surface area contributed by atoms with Gasteiger partial charge in [-0.25, -0.2) is 0 Å². The summed E-state index contributed by atoms with van der Waals surface area (Å²) < 4.78 is 10.8. The van der Waals surface area contributed by atoms with Crippen molar-refractivity contribution in [2.45, 2.75) is 26.2 Å². The molecule has 6 nitrogen and oxygen atoms in total. The van der Waals surface area contributed by atoms with Gasteiger partial charge in [0.25, 0.3) is 0 Å². The van der Waals surface area contributed by atoms with Crippen LogP contribution in [-0.4, -0.2) is 57.6 Å². The number of hydrogen-bond acceptors (Lipinski definition) is 4. The predicted molar refractivity (Wildman–Crippen MR) is 100 cm³/mol. The average Bonchev–Trinajstić information content (AvgIpc) is 3.09. The molecule has 3 N–H and O–H groups in total. The summed E-state index contributed by atoms with van der Waals surface area (Å²) in [6, 6.07) is 8.11. The minimum atomic E-state index is -0.0239. The standard InChI is InChI=1S/C19H31N3O3/c1-3-20-18(22-14-19(8-11-23)9-12-25-15-19)21-10-7-16-5-4-6-17(13-16)24-2/h4-6,13,23H,3,7-12,14-15H2,1-2H3,(H2,20,21,22). The van der Waals surface area contributed by atoms with E-state index in [2.05, 4.69) is 29.7 Å². The number of nitrogens with zero attached hydrogens (tertiary/aromatic N) is 1. The van der Waals surface area contributed by atoms with E-state index in [4.69, 9.17) is 14.5 Å². The third-order valence-electron chi connectivity index (χ3n) is 4.58. The van der Waals surface area contributed by atoms with Crippen molar-refractivity contribution in [1.29, 1.82) is 0 Å². The molecule has 25 heavy (non-hydrogen) atoms. The summed E-state index contributed by atoms with van der Waals surface area (Å²) in [6.45, 7) is 5.95. The number of aliphatic imine (C=N–C) groups is 1. The van der Waals surface area contributed by atoms with Crippen LogP contribution in [0.1, 0.15) is 25.3 Å². The van der Waals surface area contributed by atoms with Gasteiger partial charge in [0.1, 0.15) is 5.75 Å². The Morgan fingerprint density at radius 2 is 2.28 bits per heavy atom. The summed E-state index contributed by atoms with van der Waals surface area (Å²) in [5.74, 6) is 1.69. The van der Waals surface area contributed by atoms with E-state index in [1.807, 2.05) is 12.1 Å². The molecular formula is C19H31N3O3. The third-order valence-corrected chi connectivity index (χ3v) is 4.58. The van der Waals surface area contributed by atoms with E-state index >= 15 is 0 Å². The molecule has 0 bridgehead atoms. The smallest absolute Gasteiger partial charge is 0.191 e. The van der Waals surface area contributed by atoms with Gasteiger partial charge >= 0.3 is 0 Å². The van der Waals surface area contributed by atoms with Gasteiger partial charge in [-0.1, -0.05) is 12.1 Å². The molecule has 2 rings (SSSR count). The van der Waals surface area contributed by atoms with E-state index in [1.165, 1.54) is 5.56 Å². The molecule has 1 heterocycles. The van der Waals surface area contributed by atoms with Gasteiger partial charge < -0.3 is 25.2 Å². The highest BCUT2D eigenvalue weighted by Gasteiger charge is 2.34. The van der Waals surface area contributed by atoms with E-state index in [9.17, 15) is 5.11 Å². The summed E-state index contributed by atoms with van der Waals surface area (Å²) in [7, 11) is 1.68. The van der Waals surface area contributed by atoms with Crippen LogP contribution in [-0.2, 0) is 11.2 Å². The topological polar surface area (TPSA) is 75.1 Å². The van der Waals surface area contributed by atoms with E-state index in [1.54, 1.807) is 7.11 Å². The fourth-order valence-corrected chi connectivity index (χ4v) is 3.03.